The van der Waals surface area contributed by atoms with E-state index in [4.69, 9.17) is 9.26 Å². The normalized spacial score (nSPS) is 17.9. The van der Waals surface area contributed by atoms with Crippen LogP contribution in [0, 0.1) is 6.92 Å². The van der Waals surface area contributed by atoms with Crippen LogP contribution in [0.3, 0.4) is 0 Å². The molecule has 0 radical (unpaired) electrons. The monoisotopic (exact) mass is 287 g/mol. The molecule has 3 rings (SSSR count). The molecule has 2 aromatic rings. The number of aromatic nitrogens is 2. The van der Waals surface area contributed by atoms with Gasteiger partial charge in [0, 0.05) is 25.6 Å². The van der Waals surface area contributed by atoms with Gasteiger partial charge in [-0.2, -0.15) is 4.98 Å². The van der Waals surface area contributed by atoms with Crippen LogP contribution < -0.4 is 5.32 Å². The third-order valence-electron chi connectivity index (χ3n) is 3.43. The van der Waals surface area contributed by atoms with E-state index < -0.39 is 0 Å². The third-order valence-corrected chi connectivity index (χ3v) is 3.43. The molecule has 21 heavy (non-hydrogen) atoms. The molecular formula is C15H17N3O3. The number of aryl methyl sites for hydroxylation is 1. The smallest absolute Gasteiger partial charge is 0.249 e. The quantitative estimate of drug-likeness (QED) is 0.928. The Balaban J connectivity index is 1.58. The Labute approximate surface area is 122 Å². The van der Waals surface area contributed by atoms with Gasteiger partial charge in [-0.3, -0.25) is 4.79 Å². The molecule has 0 saturated carbocycles. The number of ether oxygens (including phenoxy) is 1. The Morgan fingerprint density at radius 1 is 1.38 bits per heavy atom. The number of hydrogen-bond donors (Lipinski definition) is 1. The highest BCUT2D eigenvalue weighted by Gasteiger charge is 2.22. The zero-order valence-corrected chi connectivity index (χ0v) is 11.8. The number of nitrogens with zero attached hydrogens (tertiary/aromatic N) is 2. The zero-order valence-electron chi connectivity index (χ0n) is 11.8. The average Bonchev–Trinajstić information content (AvgIpc) is 3.17. The molecule has 2 heterocycles. The van der Waals surface area contributed by atoms with Gasteiger partial charge in [0.05, 0.1) is 0 Å². The van der Waals surface area contributed by atoms with Crippen molar-refractivity contribution < 1.29 is 14.1 Å². The van der Waals surface area contributed by atoms with E-state index in [-0.39, 0.29) is 12.0 Å². The minimum absolute atomic E-state index is 0.0367. The van der Waals surface area contributed by atoms with E-state index in [1.807, 2.05) is 24.3 Å². The summed E-state index contributed by atoms with van der Waals surface area (Å²) in [6.07, 6.45) is 1.48. The van der Waals surface area contributed by atoms with Gasteiger partial charge < -0.3 is 14.6 Å². The van der Waals surface area contributed by atoms with Crippen LogP contribution in [0.2, 0.25) is 0 Å². The van der Waals surface area contributed by atoms with Gasteiger partial charge in [0.1, 0.15) is 6.10 Å². The number of carbonyl (C=O) groups excluding carboxylic acids is 1. The standard InChI is InChI=1S/C15H17N3O3/c1-10-17-14(18-21-10)12-6-4-11(5-7-12)9-16-15(19)13-3-2-8-20-13/h4-7,13H,2-3,8-9H2,1H3,(H,16,19). The van der Waals surface area contributed by atoms with Gasteiger partial charge in [-0.15, -0.1) is 0 Å². The van der Waals surface area contributed by atoms with Gasteiger partial charge in [0.15, 0.2) is 0 Å². The lowest BCUT2D eigenvalue weighted by atomic mass is 10.1. The van der Waals surface area contributed by atoms with E-state index in [9.17, 15) is 4.79 Å². The van der Waals surface area contributed by atoms with Crippen LogP contribution >= 0.6 is 0 Å². The summed E-state index contributed by atoms with van der Waals surface area (Å²) in [5.41, 5.74) is 1.91. The van der Waals surface area contributed by atoms with Crippen molar-refractivity contribution in [2.24, 2.45) is 0 Å². The van der Waals surface area contributed by atoms with Gasteiger partial charge in [0.25, 0.3) is 0 Å². The summed E-state index contributed by atoms with van der Waals surface area (Å²) < 4.78 is 10.3. The van der Waals surface area contributed by atoms with Crippen LogP contribution in [-0.2, 0) is 16.1 Å². The average molecular weight is 287 g/mol. The number of nitrogens with one attached hydrogen (secondary N) is 1. The maximum atomic E-state index is 11.8. The minimum Gasteiger partial charge on any atom is -0.368 e. The van der Waals surface area contributed by atoms with E-state index in [1.54, 1.807) is 6.92 Å². The molecule has 1 N–H and O–H groups in total. The van der Waals surface area contributed by atoms with Crippen molar-refractivity contribution in [3.05, 3.63) is 35.7 Å². The lowest BCUT2D eigenvalue weighted by molar-refractivity contribution is -0.130. The molecule has 1 saturated heterocycles. The zero-order chi connectivity index (χ0) is 14.7. The van der Waals surface area contributed by atoms with Crippen molar-refractivity contribution in [2.75, 3.05) is 6.61 Å². The summed E-state index contributed by atoms with van der Waals surface area (Å²) in [4.78, 5) is 16.0. The van der Waals surface area contributed by atoms with Crippen LogP contribution in [0.25, 0.3) is 11.4 Å². The fourth-order valence-electron chi connectivity index (χ4n) is 2.28. The molecule has 0 bridgehead atoms. The van der Waals surface area contributed by atoms with Crippen molar-refractivity contribution in [1.82, 2.24) is 15.5 Å². The molecule has 1 amide bonds. The summed E-state index contributed by atoms with van der Waals surface area (Å²) in [6, 6.07) is 7.71. The number of carbonyl (C=O) groups is 1. The molecule has 0 aliphatic carbocycles. The molecule has 1 atom stereocenters. The molecule has 1 fully saturated rings. The summed E-state index contributed by atoms with van der Waals surface area (Å²) >= 11 is 0. The van der Waals surface area contributed by atoms with Crippen LogP contribution in [0.15, 0.2) is 28.8 Å². The van der Waals surface area contributed by atoms with Crippen LogP contribution in [0.1, 0.15) is 24.3 Å². The van der Waals surface area contributed by atoms with Gasteiger partial charge in [-0.1, -0.05) is 29.4 Å². The molecule has 1 aliphatic heterocycles. The van der Waals surface area contributed by atoms with Crippen molar-refractivity contribution in [2.45, 2.75) is 32.4 Å². The molecule has 1 unspecified atom stereocenters. The van der Waals surface area contributed by atoms with Crippen molar-refractivity contribution in [3.63, 3.8) is 0 Å². The maximum Gasteiger partial charge on any atom is 0.249 e. The van der Waals surface area contributed by atoms with Crippen LogP contribution in [0.4, 0.5) is 0 Å². The number of rotatable bonds is 4. The van der Waals surface area contributed by atoms with Gasteiger partial charge in [-0.25, -0.2) is 0 Å². The summed E-state index contributed by atoms with van der Waals surface area (Å²) in [6.45, 7) is 2.92. The predicted octanol–water partition coefficient (Wildman–Crippen LogP) is 1.84. The molecule has 6 heteroatoms. The van der Waals surface area contributed by atoms with Crippen molar-refractivity contribution in [3.8, 4) is 11.4 Å². The summed E-state index contributed by atoms with van der Waals surface area (Å²) in [7, 11) is 0. The molecule has 110 valence electrons. The Kier molecular flexibility index (Phi) is 3.96. The lowest BCUT2D eigenvalue weighted by Crippen LogP contribution is -2.33. The molecule has 1 aromatic carbocycles. The predicted molar refractivity (Wildman–Crippen MR) is 75.3 cm³/mol. The highest BCUT2D eigenvalue weighted by Crippen LogP contribution is 2.16. The van der Waals surface area contributed by atoms with Crippen LogP contribution in [0.5, 0.6) is 0 Å². The largest absolute Gasteiger partial charge is 0.368 e. The molecule has 0 spiro atoms. The molecule has 1 aromatic heterocycles. The van der Waals surface area contributed by atoms with Gasteiger partial charge in [-0.05, 0) is 18.4 Å². The van der Waals surface area contributed by atoms with E-state index in [0.717, 1.165) is 24.0 Å². The SMILES string of the molecule is Cc1nc(-c2ccc(CNC(=O)C3CCCO3)cc2)no1. The van der Waals surface area contributed by atoms with E-state index in [1.165, 1.54) is 0 Å². The molecule has 1 aliphatic rings. The first-order valence-electron chi connectivity index (χ1n) is 7.01. The minimum atomic E-state index is -0.286. The first-order chi connectivity index (χ1) is 10.2. The number of hydrogen-bond acceptors (Lipinski definition) is 5. The van der Waals surface area contributed by atoms with E-state index in [2.05, 4.69) is 15.5 Å². The van der Waals surface area contributed by atoms with Gasteiger partial charge in [0.2, 0.25) is 17.6 Å². The Morgan fingerprint density at radius 2 is 2.19 bits per heavy atom. The molecular weight excluding hydrogens is 270 g/mol. The second-order valence-electron chi connectivity index (χ2n) is 5.05. The fraction of sp³-hybridized carbons (Fsp3) is 0.400. The summed E-state index contributed by atoms with van der Waals surface area (Å²) in [5.74, 6) is 1.07. The highest BCUT2D eigenvalue weighted by atomic mass is 16.5. The first kappa shape index (κ1) is 13.8. The van der Waals surface area contributed by atoms with Crippen molar-refractivity contribution >= 4 is 5.91 Å². The second-order valence-corrected chi connectivity index (χ2v) is 5.05. The first-order valence-corrected chi connectivity index (χ1v) is 7.01. The van der Waals surface area contributed by atoms with Crippen molar-refractivity contribution in [1.29, 1.82) is 0 Å². The topological polar surface area (TPSA) is 77.2 Å². The van der Waals surface area contributed by atoms with E-state index in [0.29, 0.717) is 24.9 Å². The maximum absolute atomic E-state index is 11.8. The Hall–Kier alpha value is -2.21. The highest BCUT2D eigenvalue weighted by molar-refractivity contribution is 5.80. The second kappa shape index (κ2) is 6.05. The number of amides is 1. The number of benzene rings is 1. The Morgan fingerprint density at radius 3 is 2.81 bits per heavy atom. The van der Waals surface area contributed by atoms with Gasteiger partial charge >= 0.3 is 0 Å². The lowest BCUT2D eigenvalue weighted by Gasteiger charge is -2.10. The van der Waals surface area contributed by atoms with Crippen LogP contribution in [-0.4, -0.2) is 28.8 Å². The fourth-order valence-corrected chi connectivity index (χ4v) is 2.28. The Bertz CT molecular complexity index is 615. The van der Waals surface area contributed by atoms with E-state index >= 15 is 0 Å². The third kappa shape index (κ3) is 3.28. The molecule has 6 nitrogen and oxygen atoms in total. The summed E-state index contributed by atoms with van der Waals surface area (Å²) in [5, 5.41) is 6.76.